The van der Waals surface area contributed by atoms with Crippen molar-refractivity contribution in [1.29, 1.82) is 0 Å². The minimum atomic E-state index is -0.813. The highest BCUT2D eigenvalue weighted by atomic mass is 16.5. The fourth-order valence-corrected chi connectivity index (χ4v) is 2.87. The topological polar surface area (TPSA) is 73.3 Å². The van der Waals surface area contributed by atoms with Gasteiger partial charge < -0.3 is 19.6 Å². The van der Waals surface area contributed by atoms with E-state index in [4.69, 9.17) is 9.84 Å². The second-order valence-electron chi connectivity index (χ2n) is 5.50. The van der Waals surface area contributed by atoms with Crippen LogP contribution in [0.5, 0.6) is 0 Å². The largest absolute Gasteiger partial charge is 0.480 e. The molecule has 2 aliphatic heterocycles. The van der Waals surface area contributed by atoms with Gasteiger partial charge in [-0.05, 0) is 6.42 Å². The third kappa shape index (κ3) is 3.83. The summed E-state index contributed by atoms with van der Waals surface area (Å²) in [7, 11) is 1.69. The fraction of sp³-hybridized carbons (Fsp3) is 0.846. The molecule has 2 heterocycles. The number of carbonyl (C=O) groups excluding carboxylic acids is 1. The van der Waals surface area contributed by atoms with Crippen molar-refractivity contribution < 1.29 is 19.4 Å². The van der Waals surface area contributed by atoms with E-state index in [9.17, 15) is 9.59 Å². The minimum absolute atomic E-state index is 0.0572. The standard InChI is InChI=1S/C13H23N3O4/c1-20-10-11-2-3-16(8-11)13(19)15-6-4-14(5-7-15)9-12(17)18/h11H,2-10H2,1H3,(H,17,18). The monoisotopic (exact) mass is 285 g/mol. The molecule has 0 aromatic rings. The van der Waals surface area contributed by atoms with E-state index in [1.807, 2.05) is 14.7 Å². The number of rotatable bonds is 4. The van der Waals surface area contributed by atoms with Gasteiger partial charge in [-0.2, -0.15) is 0 Å². The molecule has 20 heavy (non-hydrogen) atoms. The van der Waals surface area contributed by atoms with E-state index in [1.165, 1.54) is 0 Å². The number of likely N-dealkylation sites (tertiary alicyclic amines) is 1. The normalized spacial score (nSPS) is 24.1. The molecule has 7 nitrogen and oxygen atoms in total. The summed E-state index contributed by atoms with van der Waals surface area (Å²) in [5.41, 5.74) is 0. The maximum absolute atomic E-state index is 12.4. The Morgan fingerprint density at radius 1 is 1.15 bits per heavy atom. The summed E-state index contributed by atoms with van der Waals surface area (Å²) in [4.78, 5) is 28.6. The van der Waals surface area contributed by atoms with E-state index < -0.39 is 5.97 Å². The molecule has 2 rings (SSSR count). The number of amides is 2. The lowest BCUT2D eigenvalue weighted by Gasteiger charge is -2.36. The number of carboxylic acid groups (broad SMARTS) is 1. The molecule has 2 aliphatic rings. The lowest BCUT2D eigenvalue weighted by Crippen LogP contribution is -2.53. The number of piperazine rings is 1. The van der Waals surface area contributed by atoms with Crippen molar-refractivity contribution in [2.75, 3.05) is 59.5 Å². The van der Waals surface area contributed by atoms with E-state index >= 15 is 0 Å². The predicted molar refractivity (Wildman–Crippen MR) is 72.6 cm³/mol. The van der Waals surface area contributed by atoms with Gasteiger partial charge >= 0.3 is 12.0 Å². The molecule has 114 valence electrons. The van der Waals surface area contributed by atoms with Gasteiger partial charge in [0.1, 0.15) is 0 Å². The molecule has 1 N–H and O–H groups in total. The fourth-order valence-electron chi connectivity index (χ4n) is 2.87. The Balaban J connectivity index is 1.76. The highest BCUT2D eigenvalue weighted by Crippen LogP contribution is 2.18. The molecule has 2 saturated heterocycles. The summed E-state index contributed by atoms with van der Waals surface area (Å²) in [6, 6.07) is 0.0820. The first-order chi connectivity index (χ1) is 9.60. The third-order valence-corrected chi connectivity index (χ3v) is 3.96. The van der Waals surface area contributed by atoms with Crippen LogP contribution in [-0.4, -0.2) is 91.3 Å². The van der Waals surface area contributed by atoms with Crippen molar-refractivity contribution in [2.45, 2.75) is 6.42 Å². The average Bonchev–Trinajstić information content (AvgIpc) is 2.87. The van der Waals surface area contributed by atoms with Crippen molar-refractivity contribution in [3.63, 3.8) is 0 Å². The Bertz CT molecular complexity index is 356. The maximum Gasteiger partial charge on any atom is 0.320 e. The van der Waals surface area contributed by atoms with Gasteiger partial charge in [0.15, 0.2) is 0 Å². The molecule has 2 fully saturated rings. The van der Waals surface area contributed by atoms with E-state index in [2.05, 4.69) is 0 Å². The van der Waals surface area contributed by atoms with Crippen LogP contribution in [0, 0.1) is 5.92 Å². The minimum Gasteiger partial charge on any atom is -0.480 e. The van der Waals surface area contributed by atoms with Crippen LogP contribution in [0.1, 0.15) is 6.42 Å². The summed E-state index contributed by atoms with van der Waals surface area (Å²) in [5, 5.41) is 8.75. The average molecular weight is 285 g/mol. The summed E-state index contributed by atoms with van der Waals surface area (Å²) in [6.07, 6.45) is 0.999. The summed E-state index contributed by atoms with van der Waals surface area (Å²) in [6.45, 7) is 4.80. The van der Waals surface area contributed by atoms with Gasteiger partial charge in [0, 0.05) is 52.3 Å². The zero-order valence-electron chi connectivity index (χ0n) is 12.0. The number of hydrogen-bond acceptors (Lipinski definition) is 4. The molecule has 0 saturated carbocycles. The van der Waals surface area contributed by atoms with E-state index in [0.717, 1.165) is 19.5 Å². The van der Waals surface area contributed by atoms with Crippen molar-refractivity contribution in [2.24, 2.45) is 5.92 Å². The second kappa shape index (κ2) is 6.90. The van der Waals surface area contributed by atoms with Crippen LogP contribution in [0.4, 0.5) is 4.79 Å². The zero-order valence-corrected chi connectivity index (χ0v) is 12.0. The highest BCUT2D eigenvalue weighted by molar-refractivity contribution is 5.75. The van der Waals surface area contributed by atoms with Crippen molar-refractivity contribution >= 4 is 12.0 Å². The van der Waals surface area contributed by atoms with Crippen LogP contribution >= 0.6 is 0 Å². The van der Waals surface area contributed by atoms with Crippen LogP contribution in [0.3, 0.4) is 0 Å². The van der Waals surface area contributed by atoms with E-state index in [1.54, 1.807) is 7.11 Å². The van der Waals surface area contributed by atoms with E-state index in [0.29, 0.717) is 38.7 Å². The van der Waals surface area contributed by atoms with Crippen LogP contribution in [-0.2, 0) is 9.53 Å². The Hall–Kier alpha value is -1.34. The van der Waals surface area contributed by atoms with Crippen molar-refractivity contribution in [3.05, 3.63) is 0 Å². The van der Waals surface area contributed by atoms with Crippen LogP contribution in [0.15, 0.2) is 0 Å². The highest BCUT2D eigenvalue weighted by Gasteiger charge is 2.31. The number of carbonyl (C=O) groups is 2. The molecular formula is C13H23N3O4. The Labute approximate surface area is 119 Å². The van der Waals surface area contributed by atoms with Crippen molar-refractivity contribution in [1.82, 2.24) is 14.7 Å². The lowest BCUT2D eigenvalue weighted by molar-refractivity contribution is -0.138. The predicted octanol–water partition coefficient (Wildman–Crippen LogP) is -0.223. The van der Waals surface area contributed by atoms with Gasteiger partial charge in [-0.1, -0.05) is 0 Å². The molecule has 0 aromatic heterocycles. The molecule has 0 aliphatic carbocycles. The van der Waals surface area contributed by atoms with Gasteiger partial charge in [-0.15, -0.1) is 0 Å². The molecule has 7 heteroatoms. The molecule has 1 unspecified atom stereocenters. The Morgan fingerprint density at radius 2 is 1.85 bits per heavy atom. The van der Waals surface area contributed by atoms with Gasteiger partial charge in [0.2, 0.25) is 0 Å². The number of hydrogen-bond donors (Lipinski definition) is 1. The maximum atomic E-state index is 12.4. The number of methoxy groups -OCH3 is 1. The number of carboxylic acids is 1. The molecule has 2 amide bonds. The first-order valence-corrected chi connectivity index (χ1v) is 7.07. The smallest absolute Gasteiger partial charge is 0.320 e. The lowest BCUT2D eigenvalue weighted by atomic mass is 10.1. The summed E-state index contributed by atoms with van der Waals surface area (Å²) in [5.74, 6) is -0.371. The third-order valence-electron chi connectivity index (χ3n) is 3.96. The number of nitrogens with zero attached hydrogens (tertiary/aromatic N) is 3. The number of urea groups is 1. The Kier molecular flexibility index (Phi) is 5.19. The molecular weight excluding hydrogens is 262 g/mol. The van der Waals surface area contributed by atoms with Gasteiger partial charge in [-0.3, -0.25) is 9.69 Å². The molecule has 0 radical (unpaired) electrons. The quantitative estimate of drug-likeness (QED) is 0.773. The van der Waals surface area contributed by atoms with Crippen LogP contribution in [0.25, 0.3) is 0 Å². The zero-order chi connectivity index (χ0) is 14.5. The number of ether oxygens (including phenoxy) is 1. The second-order valence-corrected chi connectivity index (χ2v) is 5.50. The van der Waals surface area contributed by atoms with E-state index in [-0.39, 0.29) is 12.6 Å². The molecule has 0 spiro atoms. The first-order valence-electron chi connectivity index (χ1n) is 7.07. The van der Waals surface area contributed by atoms with Gasteiger partial charge in [-0.25, -0.2) is 4.79 Å². The Morgan fingerprint density at radius 3 is 2.45 bits per heavy atom. The molecule has 0 aromatic carbocycles. The molecule has 1 atom stereocenters. The van der Waals surface area contributed by atoms with Crippen molar-refractivity contribution in [3.8, 4) is 0 Å². The number of aliphatic carboxylic acids is 1. The summed E-state index contributed by atoms with van der Waals surface area (Å²) < 4.78 is 5.14. The van der Waals surface area contributed by atoms with Gasteiger partial charge in [0.25, 0.3) is 0 Å². The van der Waals surface area contributed by atoms with Gasteiger partial charge in [0.05, 0.1) is 13.2 Å². The molecule has 0 bridgehead atoms. The summed E-state index contributed by atoms with van der Waals surface area (Å²) >= 11 is 0. The van der Waals surface area contributed by atoms with Crippen LogP contribution in [0.2, 0.25) is 0 Å². The SMILES string of the molecule is COCC1CCN(C(=O)N2CCN(CC(=O)O)CC2)C1. The van der Waals surface area contributed by atoms with Crippen LogP contribution < -0.4 is 0 Å². The first kappa shape index (κ1) is 15.1.